The summed E-state index contributed by atoms with van der Waals surface area (Å²) < 4.78 is 0. The lowest BCUT2D eigenvalue weighted by Gasteiger charge is -2.28. The lowest BCUT2D eigenvalue weighted by Crippen LogP contribution is -2.46. The Kier molecular flexibility index (Phi) is 7.81. The van der Waals surface area contributed by atoms with Gasteiger partial charge in [-0.1, -0.05) is 39.0 Å². The van der Waals surface area contributed by atoms with Crippen molar-refractivity contribution in [1.82, 2.24) is 10.2 Å². The maximum atomic E-state index is 12.1. The smallest absolute Gasteiger partial charge is 0.317 e. The lowest BCUT2D eigenvalue weighted by atomic mass is 9.96. The van der Waals surface area contributed by atoms with Crippen LogP contribution in [0.25, 0.3) is 0 Å². The summed E-state index contributed by atoms with van der Waals surface area (Å²) >= 11 is 0. The number of rotatable bonds is 7. The third-order valence-electron chi connectivity index (χ3n) is 3.62. The van der Waals surface area contributed by atoms with E-state index >= 15 is 0 Å². The van der Waals surface area contributed by atoms with Crippen LogP contribution in [-0.2, 0) is 0 Å². The first-order valence-electron chi connectivity index (χ1n) is 7.44. The second kappa shape index (κ2) is 9.20. The molecule has 0 unspecified atom stereocenters. The molecular formula is C14H28N2O2. The molecule has 1 aliphatic rings. The average molecular weight is 256 g/mol. The molecule has 4 nitrogen and oxygen atoms in total. The number of aliphatic hydroxyl groups excluding tert-OH is 1. The molecule has 0 aromatic heterocycles. The number of amides is 2. The highest BCUT2D eigenvalue weighted by Crippen LogP contribution is 2.17. The Hall–Kier alpha value is -0.770. The lowest BCUT2D eigenvalue weighted by molar-refractivity contribution is 0.170. The number of urea groups is 1. The van der Waals surface area contributed by atoms with Gasteiger partial charge in [0.25, 0.3) is 0 Å². The van der Waals surface area contributed by atoms with Crippen molar-refractivity contribution in [3.8, 4) is 0 Å². The van der Waals surface area contributed by atoms with Crippen LogP contribution in [0.2, 0.25) is 0 Å². The van der Waals surface area contributed by atoms with Gasteiger partial charge >= 0.3 is 6.03 Å². The van der Waals surface area contributed by atoms with Crippen molar-refractivity contribution in [2.24, 2.45) is 0 Å². The highest BCUT2D eigenvalue weighted by molar-refractivity contribution is 5.74. The fourth-order valence-electron chi connectivity index (χ4n) is 2.50. The standard InChI is InChI=1S/C14H28N2O2/c1-2-3-7-10-16(11-12-17)14(18)15-13-8-5-4-6-9-13/h13,17H,2-12H2,1H3,(H,15,18). The van der Waals surface area contributed by atoms with Crippen molar-refractivity contribution in [3.63, 3.8) is 0 Å². The van der Waals surface area contributed by atoms with Crippen LogP contribution in [-0.4, -0.2) is 41.8 Å². The van der Waals surface area contributed by atoms with Gasteiger partial charge < -0.3 is 15.3 Å². The van der Waals surface area contributed by atoms with Crippen LogP contribution < -0.4 is 5.32 Å². The van der Waals surface area contributed by atoms with Gasteiger partial charge in [0.05, 0.1) is 6.61 Å². The van der Waals surface area contributed by atoms with Crippen LogP contribution in [0.3, 0.4) is 0 Å². The fourth-order valence-corrected chi connectivity index (χ4v) is 2.50. The molecule has 4 heteroatoms. The van der Waals surface area contributed by atoms with Gasteiger partial charge in [-0.15, -0.1) is 0 Å². The van der Waals surface area contributed by atoms with Crippen molar-refractivity contribution in [1.29, 1.82) is 0 Å². The molecule has 0 atom stereocenters. The first kappa shape index (κ1) is 15.3. The minimum Gasteiger partial charge on any atom is -0.395 e. The molecule has 0 aromatic carbocycles. The zero-order valence-electron chi connectivity index (χ0n) is 11.7. The summed E-state index contributed by atoms with van der Waals surface area (Å²) in [5.41, 5.74) is 0. The Morgan fingerprint density at radius 3 is 2.56 bits per heavy atom. The SMILES string of the molecule is CCCCCN(CCO)C(=O)NC1CCCCC1. The van der Waals surface area contributed by atoms with Gasteiger partial charge in [-0.3, -0.25) is 0 Å². The summed E-state index contributed by atoms with van der Waals surface area (Å²) in [5, 5.41) is 12.1. The maximum Gasteiger partial charge on any atom is 0.317 e. The Morgan fingerprint density at radius 1 is 1.22 bits per heavy atom. The summed E-state index contributed by atoms with van der Waals surface area (Å²) in [6, 6.07) is 0.352. The van der Waals surface area contributed by atoms with Crippen LogP contribution >= 0.6 is 0 Å². The van der Waals surface area contributed by atoms with E-state index in [4.69, 9.17) is 5.11 Å². The Morgan fingerprint density at radius 2 is 1.94 bits per heavy atom. The molecule has 0 spiro atoms. The molecule has 2 amide bonds. The van der Waals surface area contributed by atoms with Crippen LogP contribution in [0.5, 0.6) is 0 Å². The van der Waals surface area contributed by atoms with Crippen LogP contribution in [0, 0.1) is 0 Å². The van der Waals surface area contributed by atoms with E-state index in [9.17, 15) is 4.79 Å². The Labute approximate surface area is 111 Å². The van der Waals surface area contributed by atoms with Crippen LogP contribution in [0.4, 0.5) is 4.79 Å². The van der Waals surface area contributed by atoms with Gasteiger partial charge in [-0.05, 0) is 19.3 Å². The van der Waals surface area contributed by atoms with E-state index < -0.39 is 0 Å². The number of nitrogens with zero attached hydrogens (tertiary/aromatic N) is 1. The number of aliphatic hydroxyl groups is 1. The van der Waals surface area contributed by atoms with E-state index in [2.05, 4.69) is 12.2 Å². The van der Waals surface area contributed by atoms with Crippen molar-refractivity contribution in [2.45, 2.75) is 64.3 Å². The number of unbranched alkanes of at least 4 members (excludes halogenated alkanes) is 2. The van der Waals surface area contributed by atoms with Gasteiger partial charge in [0, 0.05) is 19.1 Å². The summed E-state index contributed by atoms with van der Waals surface area (Å²) in [5.74, 6) is 0. The Bertz CT molecular complexity index is 228. The van der Waals surface area contributed by atoms with Crippen LogP contribution in [0.15, 0.2) is 0 Å². The van der Waals surface area contributed by atoms with E-state index in [1.807, 2.05) is 0 Å². The van der Waals surface area contributed by atoms with E-state index in [0.717, 1.165) is 38.6 Å². The second-order valence-corrected chi connectivity index (χ2v) is 5.20. The van der Waals surface area contributed by atoms with Gasteiger partial charge in [0.2, 0.25) is 0 Å². The minimum absolute atomic E-state index is 0.00653. The molecule has 0 heterocycles. The fraction of sp³-hybridized carbons (Fsp3) is 0.929. The van der Waals surface area contributed by atoms with Gasteiger partial charge in [-0.25, -0.2) is 4.79 Å². The second-order valence-electron chi connectivity index (χ2n) is 5.20. The molecule has 106 valence electrons. The summed E-state index contributed by atoms with van der Waals surface area (Å²) in [6.07, 6.45) is 9.26. The van der Waals surface area contributed by atoms with Crippen molar-refractivity contribution in [3.05, 3.63) is 0 Å². The first-order chi connectivity index (χ1) is 8.77. The predicted molar refractivity (Wildman–Crippen MR) is 73.6 cm³/mol. The molecular weight excluding hydrogens is 228 g/mol. The quantitative estimate of drug-likeness (QED) is 0.688. The number of hydrogen-bond acceptors (Lipinski definition) is 2. The number of carbonyl (C=O) groups excluding carboxylic acids is 1. The molecule has 1 rings (SSSR count). The van der Waals surface area contributed by atoms with Gasteiger partial charge in [0.15, 0.2) is 0 Å². The van der Waals surface area contributed by atoms with Crippen molar-refractivity contribution < 1.29 is 9.90 Å². The number of hydrogen-bond donors (Lipinski definition) is 2. The molecule has 1 saturated carbocycles. The summed E-state index contributed by atoms with van der Waals surface area (Å²) in [6.45, 7) is 3.40. The molecule has 2 N–H and O–H groups in total. The van der Waals surface area contributed by atoms with E-state index in [1.54, 1.807) is 4.90 Å². The molecule has 0 aromatic rings. The van der Waals surface area contributed by atoms with Crippen molar-refractivity contribution >= 4 is 6.03 Å². The zero-order valence-corrected chi connectivity index (χ0v) is 11.7. The van der Waals surface area contributed by atoms with E-state index in [1.165, 1.54) is 19.3 Å². The number of carbonyl (C=O) groups is 1. The van der Waals surface area contributed by atoms with Crippen LogP contribution in [0.1, 0.15) is 58.3 Å². The van der Waals surface area contributed by atoms with E-state index in [-0.39, 0.29) is 12.6 Å². The van der Waals surface area contributed by atoms with Gasteiger partial charge in [0.1, 0.15) is 0 Å². The molecule has 0 saturated heterocycles. The molecule has 1 fully saturated rings. The maximum absolute atomic E-state index is 12.1. The average Bonchev–Trinajstić information content (AvgIpc) is 2.39. The molecule has 0 bridgehead atoms. The molecule has 1 aliphatic carbocycles. The molecule has 0 radical (unpaired) electrons. The first-order valence-corrected chi connectivity index (χ1v) is 7.44. The van der Waals surface area contributed by atoms with Crippen molar-refractivity contribution in [2.75, 3.05) is 19.7 Å². The molecule has 18 heavy (non-hydrogen) atoms. The summed E-state index contributed by atoms with van der Waals surface area (Å²) in [7, 11) is 0. The third-order valence-corrected chi connectivity index (χ3v) is 3.62. The zero-order chi connectivity index (χ0) is 13.2. The third kappa shape index (κ3) is 5.71. The normalized spacial score (nSPS) is 16.6. The highest BCUT2D eigenvalue weighted by Gasteiger charge is 2.19. The monoisotopic (exact) mass is 256 g/mol. The Balaban J connectivity index is 2.32. The topological polar surface area (TPSA) is 52.6 Å². The summed E-state index contributed by atoms with van der Waals surface area (Å²) in [4.78, 5) is 13.9. The highest BCUT2D eigenvalue weighted by atomic mass is 16.3. The minimum atomic E-state index is 0.00653. The van der Waals surface area contributed by atoms with E-state index in [0.29, 0.717) is 12.6 Å². The largest absolute Gasteiger partial charge is 0.395 e. The van der Waals surface area contributed by atoms with Gasteiger partial charge in [-0.2, -0.15) is 0 Å². The number of nitrogens with one attached hydrogen (secondary N) is 1. The molecule has 0 aliphatic heterocycles. The predicted octanol–water partition coefficient (Wildman–Crippen LogP) is 2.51.